The van der Waals surface area contributed by atoms with Crippen LogP contribution in [0.5, 0.6) is 11.6 Å². The Labute approximate surface area is 190 Å². The molecule has 1 fully saturated rings. The van der Waals surface area contributed by atoms with Gasteiger partial charge in [-0.2, -0.15) is 10.4 Å². The number of halogens is 1. The molecular weight excluding hydrogens is 430 g/mol. The van der Waals surface area contributed by atoms with Gasteiger partial charge in [-0.3, -0.25) is 4.79 Å². The molecule has 2 aromatic heterocycles. The molecular formula is C22H22ClN7O2. The van der Waals surface area contributed by atoms with Gasteiger partial charge >= 0.3 is 0 Å². The maximum Gasteiger partial charge on any atom is 0.254 e. The molecule has 4 N–H and O–H groups in total. The van der Waals surface area contributed by atoms with Gasteiger partial charge in [0.2, 0.25) is 5.88 Å². The quantitative estimate of drug-likeness (QED) is 0.565. The number of anilines is 1. The molecule has 0 saturated carbocycles. The van der Waals surface area contributed by atoms with E-state index in [2.05, 4.69) is 16.3 Å². The van der Waals surface area contributed by atoms with Crippen LogP contribution < -0.4 is 16.2 Å². The highest BCUT2D eigenvalue weighted by Gasteiger charge is 2.30. The number of piperidine rings is 1. The Kier molecular flexibility index (Phi) is 5.88. The Morgan fingerprint density at radius 2 is 2.00 bits per heavy atom. The Bertz CT molecular complexity index is 1170. The van der Waals surface area contributed by atoms with E-state index in [9.17, 15) is 10.1 Å². The molecule has 0 bridgehead atoms. The van der Waals surface area contributed by atoms with Gasteiger partial charge in [0, 0.05) is 23.9 Å². The van der Waals surface area contributed by atoms with Crippen molar-refractivity contribution in [2.75, 3.05) is 12.3 Å². The fraction of sp³-hybridized carbons (Fsp3) is 0.273. The van der Waals surface area contributed by atoms with Gasteiger partial charge in [0.1, 0.15) is 22.8 Å². The highest BCUT2D eigenvalue weighted by Crippen LogP contribution is 2.34. The first-order valence-corrected chi connectivity index (χ1v) is 10.5. The fourth-order valence-electron chi connectivity index (χ4n) is 3.82. The summed E-state index contributed by atoms with van der Waals surface area (Å²) in [5, 5.41) is 14.5. The lowest BCUT2D eigenvalue weighted by Gasteiger charge is -2.34. The van der Waals surface area contributed by atoms with Gasteiger partial charge in [-0.15, -0.1) is 0 Å². The molecule has 9 nitrogen and oxygen atoms in total. The topological polar surface area (TPSA) is 136 Å². The minimum absolute atomic E-state index is 0.128. The smallest absolute Gasteiger partial charge is 0.254 e. The summed E-state index contributed by atoms with van der Waals surface area (Å²) in [6, 6.07) is 10.4. The number of aromatic nitrogens is 3. The molecule has 1 aliphatic rings. The lowest BCUT2D eigenvalue weighted by Crippen LogP contribution is -2.39. The monoisotopic (exact) mass is 451 g/mol. The largest absolute Gasteiger partial charge is 0.439 e. The maximum atomic E-state index is 12.2. The van der Waals surface area contributed by atoms with Crippen LogP contribution in [0, 0.1) is 11.5 Å². The molecule has 164 valence electrons. The number of hydrogen-bond donors (Lipinski definition) is 2. The molecule has 1 saturated heterocycles. The van der Waals surface area contributed by atoms with Crippen LogP contribution in [0.15, 0.2) is 42.6 Å². The third-order valence-corrected chi connectivity index (χ3v) is 5.80. The van der Waals surface area contributed by atoms with Gasteiger partial charge in [0.25, 0.3) is 5.91 Å². The zero-order chi connectivity index (χ0) is 22.8. The Morgan fingerprint density at radius 1 is 1.25 bits per heavy atom. The molecule has 1 amide bonds. The first-order valence-electron chi connectivity index (χ1n) is 10.1. The van der Waals surface area contributed by atoms with Crippen molar-refractivity contribution < 1.29 is 9.53 Å². The minimum Gasteiger partial charge on any atom is -0.439 e. The molecule has 0 unspecified atom stereocenters. The van der Waals surface area contributed by atoms with Gasteiger partial charge in [-0.1, -0.05) is 11.6 Å². The van der Waals surface area contributed by atoms with Gasteiger partial charge in [-0.25, -0.2) is 9.67 Å². The number of nitrogen functional groups attached to an aromatic ring is 1. The van der Waals surface area contributed by atoms with Crippen molar-refractivity contribution in [2.24, 2.45) is 5.73 Å². The lowest BCUT2D eigenvalue weighted by molar-refractivity contribution is 0.100. The Hall–Kier alpha value is -3.77. The predicted molar refractivity (Wildman–Crippen MR) is 120 cm³/mol. The summed E-state index contributed by atoms with van der Waals surface area (Å²) in [6.45, 7) is 2.48. The summed E-state index contributed by atoms with van der Waals surface area (Å²) in [4.78, 5) is 18.0. The zero-order valence-electron chi connectivity index (χ0n) is 17.4. The molecule has 32 heavy (non-hydrogen) atoms. The predicted octanol–water partition coefficient (Wildman–Crippen LogP) is 3.58. The number of carbonyl (C=O) groups excluding carboxylic acids is 1. The number of primary amides is 1. The van der Waals surface area contributed by atoms with E-state index in [4.69, 9.17) is 27.8 Å². The van der Waals surface area contributed by atoms with Crippen LogP contribution >= 0.6 is 11.6 Å². The molecule has 3 aromatic rings. The molecule has 0 spiro atoms. The van der Waals surface area contributed by atoms with E-state index < -0.39 is 5.91 Å². The van der Waals surface area contributed by atoms with Crippen LogP contribution in [0.2, 0.25) is 5.02 Å². The molecule has 2 atom stereocenters. The number of amides is 1. The van der Waals surface area contributed by atoms with Crippen LogP contribution in [0.25, 0.3) is 11.3 Å². The number of pyridine rings is 1. The van der Waals surface area contributed by atoms with Crippen LogP contribution in [-0.4, -0.2) is 38.2 Å². The first-order chi connectivity index (χ1) is 15.4. The SMILES string of the molecule is C[C@H]1CC[C@H](n2nc(-c3ccc(Oc4ccc(Cl)cn4)cc3)c(C(N)=O)c2N)CN1C#N. The lowest BCUT2D eigenvalue weighted by atomic mass is 10.00. The van der Waals surface area contributed by atoms with Crippen molar-refractivity contribution in [1.29, 1.82) is 5.26 Å². The van der Waals surface area contributed by atoms with Crippen LogP contribution in [0.1, 0.15) is 36.2 Å². The number of rotatable bonds is 5. The second kappa shape index (κ2) is 8.77. The van der Waals surface area contributed by atoms with E-state index in [1.165, 1.54) is 6.20 Å². The molecule has 1 aliphatic heterocycles. The van der Waals surface area contributed by atoms with Gasteiger partial charge in [0.15, 0.2) is 6.19 Å². The van der Waals surface area contributed by atoms with E-state index in [0.29, 0.717) is 34.5 Å². The number of nitrogens with two attached hydrogens (primary N) is 2. The third-order valence-electron chi connectivity index (χ3n) is 5.58. The van der Waals surface area contributed by atoms with Crippen molar-refractivity contribution in [3.8, 4) is 29.1 Å². The summed E-state index contributed by atoms with van der Waals surface area (Å²) >= 11 is 5.84. The highest BCUT2D eigenvalue weighted by atomic mass is 35.5. The number of carbonyl (C=O) groups is 1. The molecule has 10 heteroatoms. The number of benzene rings is 1. The average Bonchev–Trinajstić information content (AvgIpc) is 3.13. The van der Waals surface area contributed by atoms with E-state index in [1.54, 1.807) is 46.0 Å². The molecule has 0 radical (unpaired) electrons. The number of hydrogen-bond acceptors (Lipinski definition) is 7. The van der Waals surface area contributed by atoms with Crippen molar-refractivity contribution in [1.82, 2.24) is 19.7 Å². The minimum atomic E-state index is -0.657. The summed E-state index contributed by atoms with van der Waals surface area (Å²) in [6.07, 6.45) is 5.33. The van der Waals surface area contributed by atoms with Gasteiger partial charge in [-0.05, 0) is 50.1 Å². The van der Waals surface area contributed by atoms with E-state index >= 15 is 0 Å². The number of nitrogens with zero attached hydrogens (tertiary/aromatic N) is 5. The Balaban J connectivity index is 1.63. The number of nitriles is 1. The van der Waals surface area contributed by atoms with Gasteiger partial charge in [0.05, 0.1) is 17.6 Å². The second-order valence-corrected chi connectivity index (χ2v) is 8.13. The summed E-state index contributed by atoms with van der Waals surface area (Å²) in [7, 11) is 0. The molecule has 3 heterocycles. The van der Waals surface area contributed by atoms with Crippen LogP contribution in [0.4, 0.5) is 5.82 Å². The van der Waals surface area contributed by atoms with Crippen molar-refractivity contribution in [3.63, 3.8) is 0 Å². The molecule has 4 rings (SSSR count). The van der Waals surface area contributed by atoms with Crippen molar-refractivity contribution >= 4 is 23.3 Å². The molecule has 0 aliphatic carbocycles. The summed E-state index contributed by atoms with van der Waals surface area (Å²) < 4.78 is 7.33. The van der Waals surface area contributed by atoms with E-state index in [-0.39, 0.29) is 23.5 Å². The zero-order valence-corrected chi connectivity index (χ0v) is 18.2. The van der Waals surface area contributed by atoms with Crippen molar-refractivity contribution in [3.05, 3.63) is 53.2 Å². The maximum absolute atomic E-state index is 12.2. The second-order valence-electron chi connectivity index (χ2n) is 7.69. The van der Waals surface area contributed by atoms with Crippen LogP contribution in [0.3, 0.4) is 0 Å². The van der Waals surface area contributed by atoms with Crippen LogP contribution in [-0.2, 0) is 0 Å². The molecule has 1 aromatic carbocycles. The first kappa shape index (κ1) is 21.5. The normalized spacial score (nSPS) is 18.2. The summed E-state index contributed by atoms with van der Waals surface area (Å²) in [5.74, 6) is 0.510. The fourth-order valence-corrected chi connectivity index (χ4v) is 3.93. The van der Waals surface area contributed by atoms with E-state index in [0.717, 1.165) is 12.8 Å². The average molecular weight is 452 g/mol. The highest BCUT2D eigenvalue weighted by molar-refractivity contribution is 6.30. The summed E-state index contributed by atoms with van der Waals surface area (Å²) in [5.41, 5.74) is 13.2. The Morgan fingerprint density at radius 3 is 2.62 bits per heavy atom. The standard InChI is InChI=1S/C22H22ClN7O2/c1-13-2-6-16(11-29(13)12-24)30-21(25)19(22(26)31)20(28-30)14-3-7-17(8-4-14)32-18-9-5-15(23)10-27-18/h3-5,7-10,13,16H,2,6,11,25H2,1H3,(H2,26,31)/t13-,16-/m0/s1. The van der Waals surface area contributed by atoms with Crippen molar-refractivity contribution in [2.45, 2.75) is 31.8 Å². The number of likely N-dealkylation sites (tertiary alicyclic amines) is 1. The van der Waals surface area contributed by atoms with E-state index in [1.807, 2.05) is 6.92 Å². The third kappa shape index (κ3) is 4.18. The van der Waals surface area contributed by atoms with Gasteiger partial charge < -0.3 is 21.1 Å². The number of ether oxygens (including phenoxy) is 1.